The largest absolute Gasteiger partial charge is 0.378 e. The van der Waals surface area contributed by atoms with E-state index < -0.39 is 17.8 Å². The van der Waals surface area contributed by atoms with Crippen LogP contribution in [0.15, 0.2) is 0 Å². The Balaban J connectivity index is 2.67. The van der Waals surface area contributed by atoms with Gasteiger partial charge in [-0.05, 0) is 33.9 Å². The smallest absolute Gasteiger partial charge is 0.242 e. The predicted molar refractivity (Wildman–Crippen MR) is 60.8 cm³/mol. The fraction of sp³-hybridized carbons (Fsp3) is 1.00. The van der Waals surface area contributed by atoms with Gasteiger partial charge in [-0.2, -0.15) is 0 Å². The lowest BCUT2D eigenvalue weighted by Crippen LogP contribution is -2.50. The average Bonchev–Trinajstić information content (AvgIpc) is 2.14. The molecule has 0 saturated carbocycles. The highest BCUT2D eigenvalue weighted by molar-refractivity contribution is 4.90. The Bertz CT molecular complexity index is 223. The van der Waals surface area contributed by atoms with Gasteiger partial charge in [0.15, 0.2) is 0 Å². The fourth-order valence-electron chi connectivity index (χ4n) is 2.46. The highest BCUT2D eigenvalue weighted by Crippen LogP contribution is 2.39. The van der Waals surface area contributed by atoms with Crippen molar-refractivity contribution in [1.82, 2.24) is 4.90 Å². The molecule has 0 bridgehead atoms. The lowest BCUT2D eigenvalue weighted by Gasteiger charge is -2.45. The first-order chi connectivity index (χ1) is 7.35. The fourth-order valence-corrected chi connectivity index (χ4v) is 2.46. The zero-order valence-corrected chi connectivity index (χ0v) is 10.7. The summed E-state index contributed by atoms with van der Waals surface area (Å²) < 4.78 is 31.5. The van der Waals surface area contributed by atoms with Crippen LogP contribution in [-0.4, -0.2) is 44.2 Å². The van der Waals surface area contributed by atoms with Crippen molar-refractivity contribution in [2.24, 2.45) is 11.3 Å². The number of ether oxygens (including phenoxy) is 1. The molecule has 1 aliphatic rings. The highest BCUT2D eigenvalue weighted by Gasteiger charge is 2.43. The molecule has 2 atom stereocenters. The molecule has 2 nitrogen and oxygen atoms in total. The molecule has 16 heavy (non-hydrogen) atoms. The molecular formula is C12H23F2NO. The standard InChI is InChI=1S/C12H23F2NO/c1-9(2)16-8-12(3)7-15(4)6-5-10(12)11(13)14/h9-11H,5-8H2,1-4H3/t10-,12+/m1/s1. The van der Waals surface area contributed by atoms with Gasteiger partial charge in [0.05, 0.1) is 12.7 Å². The first-order valence-corrected chi connectivity index (χ1v) is 5.93. The summed E-state index contributed by atoms with van der Waals surface area (Å²) >= 11 is 0. The van der Waals surface area contributed by atoms with Crippen LogP contribution in [0.25, 0.3) is 0 Å². The lowest BCUT2D eigenvalue weighted by molar-refractivity contribution is -0.0971. The van der Waals surface area contributed by atoms with E-state index in [4.69, 9.17) is 4.74 Å². The van der Waals surface area contributed by atoms with Gasteiger partial charge in [0.1, 0.15) is 0 Å². The van der Waals surface area contributed by atoms with Gasteiger partial charge < -0.3 is 9.64 Å². The number of hydrogen-bond donors (Lipinski definition) is 0. The Labute approximate surface area is 97.0 Å². The maximum absolute atomic E-state index is 13.0. The Hall–Kier alpha value is -0.220. The quantitative estimate of drug-likeness (QED) is 0.742. The summed E-state index contributed by atoms with van der Waals surface area (Å²) in [6.07, 6.45) is -1.58. The maximum Gasteiger partial charge on any atom is 0.242 e. The maximum atomic E-state index is 13.0. The number of likely N-dealkylation sites (tertiary alicyclic amines) is 1. The van der Waals surface area contributed by atoms with Crippen molar-refractivity contribution in [1.29, 1.82) is 0 Å². The summed E-state index contributed by atoms with van der Waals surface area (Å²) in [5.41, 5.74) is -0.425. The van der Waals surface area contributed by atoms with Gasteiger partial charge in [0, 0.05) is 17.9 Å². The topological polar surface area (TPSA) is 12.5 Å². The molecule has 1 fully saturated rings. The third-order valence-electron chi connectivity index (χ3n) is 3.40. The molecule has 0 radical (unpaired) electrons. The molecule has 0 aliphatic carbocycles. The second kappa shape index (κ2) is 5.41. The Morgan fingerprint density at radius 3 is 2.56 bits per heavy atom. The number of rotatable bonds is 4. The van der Waals surface area contributed by atoms with Crippen LogP contribution in [0.1, 0.15) is 27.2 Å². The number of hydrogen-bond acceptors (Lipinski definition) is 2. The minimum Gasteiger partial charge on any atom is -0.378 e. The Morgan fingerprint density at radius 2 is 2.06 bits per heavy atom. The van der Waals surface area contributed by atoms with Gasteiger partial charge >= 0.3 is 0 Å². The van der Waals surface area contributed by atoms with Crippen LogP contribution in [0.5, 0.6) is 0 Å². The van der Waals surface area contributed by atoms with E-state index >= 15 is 0 Å². The molecule has 4 heteroatoms. The predicted octanol–water partition coefficient (Wildman–Crippen LogP) is 2.63. The summed E-state index contributed by atoms with van der Waals surface area (Å²) in [6.45, 7) is 7.66. The lowest BCUT2D eigenvalue weighted by atomic mass is 9.73. The minimum atomic E-state index is -2.24. The van der Waals surface area contributed by atoms with Crippen molar-refractivity contribution < 1.29 is 13.5 Å². The van der Waals surface area contributed by atoms with Gasteiger partial charge in [0.2, 0.25) is 6.43 Å². The zero-order chi connectivity index (χ0) is 12.3. The molecule has 0 spiro atoms. The van der Waals surface area contributed by atoms with Crippen molar-refractivity contribution >= 4 is 0 Å². The molecule has 0 aromatic carbocycles. The molecule has 96 valence electrons. The van der Waals surface area contributed by atoms with Gasteiger partial charge in [-0.1, -0.05) is 6.92 Å². The molecule has 1 heterocycles. The molecular weight excluding hydrogens is 212 g/mol. The summed E-state index contributed by atoms with van der Waals surface area (Å²) in [7, 11) is 1.98. The third kappa shape index (κ3) is 3.39. The zero-order valence-electron chi connectivity index (χ0n) is 10.7. The number of nitrogens with zero attached hydrogens (tertiary/aromatic N) is 1. The summed E-state index contributed by atoms with van der Waals surface area (Å²) in [5.74, 6) is -0.539. The van der Waals surface area contributed by atoms with E-state index in [2.05, 4.69) is 4.90 Å². The molecule has 0 unspecified atom stereocenters. The second-order valence-corrected chi connectivity index (χ2v) is 5.48. The third-order valence-corrected chi connectivity index (χ3v) is 3.40. The first kappa shape index (κ1) is 13.8. The van der Waals surface area contributed by atoms with Crippen LogP contribution in [0.2, 0.25) is 0 Å². The van der Waals surface area contributed by atoms with E-state index in [-0.39, 0.29) is 6.10 Å². The molecule has 0 aromatic heterocycles. The molecule has 1 saturated heterocycles. The first-order valence-electron chi connectivity index (χ1n) is 5.93. The number of piperidine rings is 1. The number of halogens is 2. The molecule has 0 aromatic rings. The van der Waals surface area contributed by atoms with E-state index in [9.17, 15) is 8.78 Å². The van der Waals surface area contributed by atoms with Crippen molar-refractivity contribution in [3.8, 4) is 0 Å². The van der Waals surface area contributed by atoms with Crippen LogP contribution in [0.3, 0.4) is 0 Å². The van der Waals surface area contributed by atoms with Crippen molar-refractivity contribution in [2.75, 3.05) is 26.7 Å². The summed E-state index contributed by atoms with van der Waals surface area (Å²) in [5, 5.41) is 0. The van der Waals surface area contributed by atoms with Crippen molar-refractivity contribution in [3.05, 3.63) is 0 Å². The van der Waals surface area contributed by atoms with Gasteiger partial charge in [0.25, 0.3) is 0 Å². The van der Waals surface area contributed by atoms with E-state index in [0.717, 1.165) is 6.54 Å². The van der Waals surface area contributed by atoms with Crippen LogP contribution in [0.4, 0.5) is 8.78 Å². The Kier molecular flexibility index (Phi) is 4.68. The molecule has 0 amide bonds. The number of alkyl halides is 2. The van der Waals surface area contributed by atoms with E-state index in [0.29, 0.717) is 19.6 Å². The normalized spacial score (nSPS) is 32.6. The van der Waals surface area contributed by atoms with Crippen LogP contribution in [0, 0.1) is 11.3 Å². The van der Waals surface area contributed by atoms with Gasteiger partial charge in [-0.25, -0.2) is 8.78 Å². The minimum absolute atomic E-state index is 0.0994. The van der Waals surface area contributed by atoms with Crippen molar-refractivity contribution in [2.45, 2.75) is 39.7 Å². The van der Waals surface area contributed by atoms with Gasteiger partial charge in [-0.3, -0.25) is 0 Å². The van der Waals surface area contributed by atoms with Crippen LogP contribution < -0.4 is 0 Å². The van der Waals surface area contributed by atoms with E-state index in [1.165, 1.54) is 0 Å². The van der Waals surface area contributed by atoms with E-state index in [1.807, 2.05) is 27.8 Å². The molecule has 1 aliphatic heterocycles. The van der Waals surface area contributed by atoms with Crippen LogP contribution >= 0.6 is 0 Å². The van der Waals surface area contributed by atoms with Crippen LogP contribution in [-0.2, 0) is 4.74 Å². The highest BCUT2D eigenvalue weighted by atomic mass is 19.3. The van der Waals surface area contributed by atoms with Crippen molar-refractivity contribution in [3.63, 3.8) is 0 Å². The van der Waals surface area contributed by atoms with Gasteiger partial charge in [-0.15, -0.1) is 0 Å². The average molecular weight is 235 g/mol. The monoisotopic (exact) mass is 235 g/mol. The Morgan fingerprint density at radius 1 is 1.44 bits per heavy atom. The molecule has 0 N–H and O–H groups in total. The van der Waals surface area contributed by atoms with E-state index in [1.54, 1.807) is 0 Å². The molecule has 1 rings (SSSR count). The second-order valence-electron chi connectivity index (χ2n) is 5.48. The summed E-state index contributed by atoms with van der Waals surface area (Å²) in [6, 6.07) is 0. The summed E-state index contributed by atoms with van der Waals surface area (Å²) in [4.78, 5) is 2.11. The SMILES string of the molecule is CC(C)OC[C@]1(C)CN(C)CC[C@@H]1C(F)F.